The van der Waals surface area contributed by atoms with Crippen LogP contribution in [0.15, 0.2) is 75.8 Å². The molecular formula is C38H30F3N7O6. The number of hydrogen-bond donors (Lipinski definition) is 4. The minimum atomic E-state index is -5.01. The molecule has 5 atom stereocenters. The van der Waals surface area contributed by atoms with Crippen LogP contribution < -0.4 is 20.7 Å². The quantitative estimate of drug-likeness (QED) is 0.113. The molecule has 0 radical (unpaired) electrons. The number of hydrogen-bond acceptors (Lipinski definition) is 10. The summed E-state index contributed by atoms with van der Waals surface area (Å²) < 4.78 is 62.6. The summed E-state index contributed by atoms with van der Waals surface area (Å²) in [6, 6.07) is 12.1. The number of anilines is 1. The molecule has 3 aromatic heterocycles. The number of aromatic nitrogens is 3. The molecule has 3 aromatic carbocycles. The number of nitrogens with one attached hydrogen (secondary N) is 4. The molecule has 54 heavy (non-hydrogen) atoms. The van der Waals surface area contributed by atoms with Crippen molar-refractivity contribution in [2.24, 2.45) is 5.92 Å². The molecule has 10 bridgehead atoms. The zero-order valence-electron chi connectivity index (χ0n) is 28.6. The number of oxazole rings is 2. The first-order chi connectivity index (χ1) is 25.9. The van der Waals surface area contributed by atoms with Crippen LogP contribution in [0.25, 0.3) is 44.9 Å². The van der Waals surface area contributed by atoms with Crippen molar-refractivity contribution >= 4 is 22.5 Å². The van der Waals surface area contributed by atoms with Gasteiger partial charge in [-0.25, -0.2) is 9.97 Å². The molecule has 7 heterocycles. The smallest absolute Gasteiger partial charge is 0.410 e. The van der Waals surface area contributed by atoms with E-state index in [-0.39, 0.29) is 29.8 Å². The van der Waals surface area contributed by atoms with Gasteiger partial charge in [-0.2, -0.15) is 13.2 Å². The molecule has 0 fully saturated rings. The molecule has 6 aromatic rings. The number of benzene rings is 3. The van der Waals surface area contributed by atoms with Crippen LogP contribution in [0.3, 0.4) is 0 Å². The average molecular weight is 738 g/mol. The Balaban J connectivity index is 1.26. The Labute approximate surface area is 303 Å². The Bertz CT molecular complexity index is 2560. The summed E-state index contributed by atoms with van der Waals surface area (Å²) in [4.78, 5) is 37.4. The second kappa shape index (κ2) is 11.2. The Kier molecular flexibility index (Phi) is 6.72. The summed E-state index contributed by atoms with van der Waals surface area (Å²) in [5.74, 6) is 0.357. The number of fused-ring (bicyclic) bond motifs is 7. The lowest BCUT2D eigenvalue weighted by molar-refractivity contribution is -0.491. The third-order valence-electron chi connectivity index (χ3n) is 11.0. The SMILES string of the molecule is CC(C)[C@@H]1NC(=O)[C@@H](NC(C[N+](=O)[O-])C(F)(F)F)Cc2ccc3c(c2)[C@]24c5cccc(c5NC2O3)-c2cccc3[nH]cc(c23)-c2cnc(o2)-c2nc1oc24. The summed E-state index contributed by atoms with van der Waals surface area (Å²) in [6.45, 7) is 2.16. The minimum Gasteiger partial charge on any atom is -0.469 e. The highest BCUT2D eigenvalue weighted by Crippen LogP contribution is 2.61. The zero-order chi connectivity index (χ0) is 37.3. The van der Waals surface area contributed by atoms with Gasteiger partial charge < -0.3 is 29.2 Å². The number of carbonyl (C=O) groups is 1. The fourth-order valence-corrected chi connectivity index (χ4v) is 8.52. The van der Waals surface area contributed by atoms with E-state index in [1.54, 1.807) is 24.4 Å². The van der Waals surface area contributed by atoms with Crippen molar-refractivity contribution in [2.45, 2.75) is 56.2 Å². The van der Waals surface area contributed by atoms with Crippen molar-refractivity contribution in [3.05, 3.63) is 105 Å². The van der Waals surface area contributed by atoms with Gasteiger partial charge in [0.2, 0.25) is 24.2 Å². The monoisotopic (exact) mass is 737 g/mol. The Hall–Kier alpha value is -6.16. The van der Waals surface area contributed by atoms with Gasteiger partial charge in [-0.1, -0.05) is 56.3 Å². The summed E-state index contributed by atoms with van der Waals surface area (Å²) in [6.07, 6.45) is -2.52. The van der Waals surface area contributed by atoms with Gasteiger partial charge in [-0.15, -0.1) is 0 Å². The first-order valence-corrected chi connectivity index (χ1v) is 17.4. The second-order valence-electron chi connectivity index (χ2n) is 14.5. The summed E-state index contributed by atoms with van der Waals surface area (Å²) in [5.41, 5.74) is 5.22. The Morgan fingerprint density at radius 2 is 1.87 bits per heavy atom. The van der Waals surface area contributed by atoms with E-state index in [2.05, 4.69) is 20.9 Å². The number of alkyl halides is 3. The van der Waals surface area contributed by atoms with Gasteiger partial charge in [-0.05, 0) is 35.6 Å². The summed E-state index contributed by atoms with van der Waals surface area (Å²) in [5, 5.41) is 21.1. The van der Waals surface area contributed by atoms with Crippen LogP contribution in [-0.2, 0) is 16.6 Å². The number of nitro groups is 1. The molecule has 16 heteroatoms. The number of aromatic amines is 1. The number of amides is 1. The van der Waals surface area contributed by atoms with Crippen molar-refractivity contribution in [1.29, 1.82) is 0 Å². The van der Waals surface area contributed by atoms with Crippen molar-refractivity contribution in [3.63, 3.8) is 0 Å². The molecule has 274 valence electrons. The number of halogens is 3. The molecule has 4 aliphatic heterocycles. The maximum Gasteiger partial charge on any atom is 0.410 e. The van der Waals surface area contributed by atoms with Crippen LogP contribution in [0.1, 0.15) is 48.2 Å². The van der Waals surface area contributed by atoms with Gasteiger partial charge >= 0.3 is 6.18 Å². The molecule has 13 nitrogen and oxygen atoms in total. The van der Waals surface area contributed by atoms with Crippen LogP contribution in [0, 0.1) is 16.0 Å². The van der Waals surface area contributed by atoms with Crippen molar-refractivity contribution in [3.8, 4) is 39.8 Å². The molecular weight excluding hydrogens is 707 g/mol. The van der Waals surface area contributed by atoms with E-state index in [1.807, 2.05) is 56.4 Å². The fraction of sp³-hybridized carbons (Fsp3) is 0.289. The average Bonchev–Trinajstić information content (AvgIpc) is 3.95. The van der Waals surface area contributed by atoms with E-state index in [1.165, 1.54) is 0 Å². The lowest BCUT2D eigenvalue weighted by atomic mass is 9.72. The van der Waals surface area contributed by atoms with Crippen LogP contribution in [0.5, 0.6) is 5.75 Å². The van der Waals surface area contributed by atoms with Gasteiger partial charge in [0.05, 0.1) is 12.2 Å². The summed E-state index contributed by atoms with van der Waals surface area (Å²) >= 11 is 0. The topological polar surface area (TPSA) is 173 Å². The van der Waals surface area contributed by atoms with E-state index in [9.17, 15) is 28.1 Å². The third kappa shape index (κ3) is 4.52. The van der Waals surface area contributed by atoms with Gasteiger partial charge in [0.25, 0.3) is 0 Å². The van der Waals surface area contributed by atoms with E-state index < -0.39 is 53.3 Å². The minimum absolute atomic E-state index is 0.0737. The molecule has 10 rings (SSSR count). The Morgan fingerprint density at radius 1 is 1.06 bits per heavy atom. The largest absolute Gasteiger partial charge is 0.469 e. The predicted octanol–water partition coefficient (Wildman–Crippen LogP) is 6.47. The van der Waals surface area contributed by atoms with E-state index in [0.717, 1.165) is 38.8 Å². The predicted molar refractivity (Wildman–Crippen MR) is 187 cm³/mol. The number of para-hydroxylation sites is 1. The fourth-order valence-electron chi connectivity index (χ4n) is 8.52. The van der Waals surface area contributed by atoms with Gasteiger partial charge in [0.15, 0.2) is 29.5 Å². The highest BCUT2D eigenvalue weighted by atomic mass is 19.4. The molecule has 2 unspecified atom stereocenters. The second-order valence-corrected chi connectivity index (χ2v) is 14.5. The van der Waals surface area contributed by atoms with Crippen molar-refractivity contribution in [1.82, 2.24) is 25.6 Å². The van der Waals surface area contributed by atoms with E-state index in [0.29, 0.717) is 28.4 Å². The molecule has 1 amide bonds. The molecule has 0 aliphatic carbocycles. The Morgan fingerprint density at radius 3 is 2.67 bits per heavy atom. The number of carbonyl (C=O) groups excluding carboxylic acids is 1. The lowest BCUT2D eigenvalue weighted by Gasteiger charge is -2.29. The maximum atomic E-state index is 14.2. The van der Waals surface area contributed by atoms with Gasteiger partial charge in [0.1, 0.15) is 17.2 Å². The van der Waals surface area contributed by atoms with Crippen molar-refractivity contribution < 1.29 is 36.5 Å². The highest BCUT2D eigenvalue weighted by Gasteiger charge is 2.62. The first-order valence-electron chi connectivity index (χ1n) is 17.4. The third-order valence-corrected chi connectivity index (χ3v) is 11.0. The molecule has 4 N–H and O–H groups in total. The molecule has 1 spiro atoms. The molecule has 0 saturated heterocycles. The van der Waals surface area contributed by atoms with Crippen LogP contribution in [0.2, 0.25) is 0 Å². The number of ether oxygens (including phenoxy) is 1. The lowest BCUT2D eigenvalue weighted by Crippen LogP contribution is -2.57. The first kappa shape index (κ1) is 32.5. The summed E-state index contributed by atoms with van der Waals surface area (Å²) in [7, 11) is 0. The standard InChI is InChI=1S/C38H30F3N7O6/c1-16(2)29-35-46-31-32(54-35)37-21-7-3-6-19(18-5-4-8-23-28(18)20(13-42-23)26-14-43-34(31)52-26)30(21)47-36(37)53-25-10-9-17(11-22(25)37)12-24(33(49)45-29)44-27(15-48(50)51)38(39,40)41/h3-11,13-14,16,24,27,29,36,42,44,47H,12,15H2,1-2H3,(H,45,49)/t24-,27?,29-,36?,37-/m0/s1. The maximum absolute atomic E-state index is 14.2. The zero-order valence-corrected chi connectivity index (χ0v) is 28.6. The van der Waals surface area contributed by atoms with E-state index in [4.69, 9.17) is 23.5 Å². The normalized spacial score (nSPS) is 22.5. The van der Waals surface area contributed by atoms with E-state index >= 15 is 0 Å². The number of rotatable bonds is 5. The van der Waals surface area contributed by atoms with Crippen LogP contribution in [-0.4, -0.2) is 56.8 Å². The highest BCUT2D eigenvalue weighted by molar-refractivity contribution is 6.07. The van der Waals surface area contributed by atoms with Crippen LogP contribution >= 0.6 is 0 Å². The van der Waals surface area contributed by atoms with Gasteiger partial charge in [-0.3, -0.25) is 20.2 Å². The molecule has 0 saturated carbocycles. The number of nitrogens with zero attached hydrogens (tertiary/aromatic N) is 3. The van der Waals surface area contributed by atoms with Crippen LogP contribution in [0.4, 0.5) is 18.9 Å². The molecule has 4 aliphatic rings. The van der Waals surface area contributed by atoms with Gasteiger partial charge in [0, 0.05) is 50.0 Å². The number of H-pyrrole nitrogens is 1. The van der Waals surface area contributed by atoms with Crippen molar-refractivity contribution in [2.75, 3.05) is 11.9 Å².